The summed E-state index contributed by atoms with van der Waals surface area (Å²) in [6, 6.07) is 13.7. The van der Waals surface area contributed by atoms with E-state index in [1.54, 1.807) is 0 Å². The second-order valence-electron chi connectivity index (χ2n) is 5.17. The predicted molar refractivity (Wildman–Crippen MR) is 97.9 cm³/mol. The molecule has 2 heterocycles. The highest BCUT2D eigenvalue weighted by Crippen LogP contribution is 2.39. The summed E-state index contributed by atoms with van der Waals surface area (Å²) >= 11 is 8.20. The molecule has 0 spiro atoms. The Bertz CT molecular complexity index is 617. The Balaban J connectivity index is 1.54. The van der Waals surface area contributed by atoms with Crippen molar-refractivity contribution < 1.29 is 0 Å². The average molecular weight is 337 g/mol. The zero-order chi connectivity index (χ0) is 13.4. The number of rotatable bonds is 6. The maximum Gasteiger partial charge on any atom is 0.0232 e. The van der Waals surface area contributed by atoms with Crippen molar-refractivity contribution in [3.8, 4) is 0 Å². The molecule has 4 heteroatoms. The van der Waals surface area contributed by atoms with Gasteiger partial charge in [0.2, 0.25) is 0 Å². The smallest absolute Gasteiger partial charge is 0.0232 e. The molecule has 2 saturated heterocycles. The van der Waals surface area contributed by atoms with Crippen molar-refractivity contribution in [3.63, 3.8) is 0 Å². The van der Waals surface area contributed by atoms with Crippen molar-refractivity contribution in [3.05, 3.63) is 36.4 Å². The fraction of sp³-hybridized carbons (Fsp3) is 0.375. The minimum Gasteiger partial charge on any atom is -0.156 e. The highest BCUT2D eigenvalue weighted by Gasteiger charge is 2.23. The summed E-state index contributed by atoms with van der Waals surface area (Å²) < 4.78 is 0. The fourth-order valence-corrected chi connectivity index (χ4v) is 6.00. The maximum absolute atomic E-state index is 2.36. The number of hydrogen-bond donors (Lipinski definition) is 0. The van der Waals surface area contributed by atoms with Gasteiger partial charge in [-0.1, -0.05) is 18.2 Å². The van der Waals surface area contributed by atoms with E-state index in [2.05, 4.69) is 59.9 Å². The zero-order valence-corrected chi connectivity index (χ0v) is 14.3. The maximum atomic E-state index is 2.36. The van der Waals surface area contributed by atoms with Gasteiger partial charge in [0.05, 0.1) is 0 Å². The molecule has 2 aromatic rings. The molecule has 2 aliphatic rings. The van der Waals surface area contributed by atoms with Gasteiger partial charge in [-0.05, 0) is 29.0 Å². The summed E-state index contributed by atoms with van der Waals surface area (Å²) in [5, 5.41) is 4.63. The lowest BCUT2D eigenvalue weighted by atomic mass is 10.1. The molecule has 0 nitrogen and oxygen atoms in total. The summed E-state index contributed by atoms with van der Waals surface area (Å²) in [7, 11) is 0. The zero-order valence-electron chi connectivity index (χ0n) is 11.1. The number of thioether (sulfide) groups is 4. The summed E-state index contributed by atoms with van der Waals surface area (Å²) in [5.74, 6) is 5.25. The van der Waals surface area contributed by atoms with Gasteiger partial charge in [0.25, 0.3) is 0 Å². The summed E-state index contributed by atoms with van der Waals surface area (Å²) in [4.78, 5) is 2.87. The topological polar surface area (TPSA) is 0 Å². The Kier molecular flexibility index (Phi) is 4.17. The van der Waals surface area contributed by atoms with Crippen LogP contribution in [0, 0.1) is 0 Å². The number of fused-ring (bicyclic) bond motifs is 1. The van der Waals surface area contributed by atoms with Gasteiger partial charge >= 0.3 is 0 Å². The SMILES string of the molecule is c1cc(SCC2CS2)c2ccc(SCC3CS3)cc2c1. The van der Waals surface area contributed by atoms with E-state index < -0.39 is 0 Å². The van der Waals surface area contributed by atoms with Crippen LogP contribution in [0.5, 0.6) is 0 Å². The first kappa shape index (κ1) is 13.7. The molecule has 0 aliphatic carbocycles. The predicted octanol–water partition coefficient (Wildman–Crippen LogP) is 5.25. The molecule has 2 unspecified atom stereocenters. The second-order valence-corrected chi connectivity index (χ2v) is 9.99. The summed E-state index contributed by atoms with van der Waals surface area (Å²) in [6.07, 6.45) is 0. The minimum atomic E-state index is 0.904. The quantitative estimate of drug-likeness (QED) is 0.521. The molecule has 20 heavy (non-hydrogen) atoms. The lowest BCUT2D eigenvalue weighted by Gasteiger charge is -2.07. The molecule has 0 amide bonds. The van der Waals surface area contributed by atoms with Crippen LogP contribution in [0.3, 0.4) is 0 Å². The Morgan fingerprint density at radius 2 is 1.70 bits per heavy atom. The van der Waals surface area contributed by atoms with E-state index in [4.69, 9.17) is 0 Å². The molecular weight excluding hydrogens is 320 g/mol. The highest BCUT2D eigenvalue weighted by atomic mass is 32.2. The molecule has 2 fully saturated rings. The van der Waals surface area contributed by atoms with Gasteiger partial charge in [-0.15, -0.1) is 23.5 Å². The van der Waals surface area contributed by atoms with E-state index in [9.17, 15) is 0 Å². The summed E-state index contributed by atoms with van der Waals surface area (Å²) in [5.41, 5.74) is 0. The highest BCUT2D eigenvalue weighted by molar-refractivity contribution is 8.09. The van der Waals surface area contributed by atoms with Crippen molar-refractivity contribution in [2.75, 3.05) is 23.0 Å². The van der Waals surface area contributed by atoms with Gasteiger partial charge in [0, 0.05) is 43.3 Å². The van der Waals surface area contributed by atoms with Gasteiger partial charge in [-0.3, -0.25) is 0 Å². The van der Waals surface area contributed by atoms with Gasteiger partial charge in [-0.25, -0.2) is 0 Å². The molecule has 0 N–H and O–H groups in total. The van der Waals surface area contributed by atoms with E-state index in [1.807, 2.05) is 23.5 Å². The summed E-state index contributed by atoms with van der Waals surface area (Å²) in [6.45, 7) is 0. The Morgan fingerprint density at radius 3 is 2.45 bits per heavy atom. The van der Waals surface area contributed by atoms with Crippen molar-refractivity contribution >= 4 is 57.8 Å². The van der Waals surface area contributed by atoms with E-state index in [0.29, 0.717) is 0 Å². The van der Waals surface area contributed by atoms with Crippen LogP contribution in [0.25, 0.3) is 10.8 Å². The molecule has 104 valence electrons. The van der Waals surface area contributed by atoms with E-state index in [1.165, 1.54) is 43.6 Å². The fourth-order valence-electron chi connectivity index (χ4n) is 2.15. The Hall–Kier alpha value is 0.1000. The molecule has 2 aromatic carbocycles. The van der Waals surface area contributed by atoms with Crippen LogP contribution in [0.15, 0.2) is 46.2 Å². The van der Waals surface area contributed by atoms with Crippen molar-refractivity contribution in [1.82, 2.24) is 0 Å². The van der Waals surface area contributed by atoms with Crippen molar-refractivity contribution in [2.24, 2.45) is 0 Å². The lowest BCUT2D eigenvalue weighted by molar-refractivity contribution is 1.26. The molecule has 0 radical (unpaired) electrons. The van der Waals surface area contributed by atoms with Gasteiger partial charge in [-0.2, -0.15) is 23.5 Å². The van der Waals surface area contributed by atoms with Gasteiger partial charge < -0.3 is 0 Å². The molecular formula is C16H16S4. The third-order valence-electron chi connectivity index (χ3n) is 3.48. The van der Waals surface area contributed by atoms with Crippen LogP contribution in [0.4, 0.5) is 0 Å². The third kappa shape index (κ3) is 3.46. The first-order valence-corrected chi connectivity index (χ1v) is 11.0. The largest absolute Gasteiger partial charge is 0.156 e. The van der Waals surface area contributed by atoms with Crippen LogP contribution in [-0.4, -0.2) is 33.5 Å². The van der Waals surface area contributed by atoms with Crippen LogP contribution in [0.2, 0.25) is 0 Å². The van der Waals surface area contributed by atoms with E-state index in [-0.39, 0.29) is 0 Å². The third-order valence-corrected chi connectivity index (χ3v) is 8.23. The molecule has 2 aliphatic heterocycles. The number of benzene rings is 2. The first-order valence-electron chi connectivity index (χ1n) is 6.90. The van der Waals surface area contributed by atoms with Crippen molar-refractivity contribution in [1.29, 1.82) is 0 Å². The van der Waals surface area contributed by atoms with E-state index >= 15 is 0 Å². The van der Waals surface area contributed by atoms with Gasteiger partial charge in [0.15, 0.2) is 0 Å². The number of hydrogen-bond acceptors (Lipinski definition) is 4. The molecule has 0 aromatic heterocycles. The van der Waals surface area contributed by atoms with E-state index in [0.717, 1.165) is 10.5 Å². The van der Waals surface area contributed by atoms with Crippen LogP contribution in [-0.2, 0) is 0 Å². The van der Waals surface area contributed by atoms with Crippen LogP contribution < -0.4 is 0 Å². The van der Waals surface area contributed by atoms with Crippen LogP contribution >= 0.6 is 47.0 Å². The van der Waals surface area contributed by atoms with Crippen molar-refractivity contribution in [2.45, 2.75) is 20.3 Å². The second kappa shape index (κ2) is 6.07. The lowest BCUT2D eigenvalue weighted by Crippen LogP contribution is -1.89. The Labute approximate surface area is 137 Å². The van der Waals surface area contributed by atoms with Gasteiger partial charge in [0.1, 0.15) is 0 Å². The molecule has 2 atom stereocenters. The first-order chi connectivity index (χ1) is 9.88. The molecule has 0 bridgehead atoms. The minimum absolute atomic E-state index is 0.904. The normalized spacial score (nSPS) is 24.0. The molecule has 4 rings (SSSR count). The average Bonchev–Trinajstić information content (AvgIpc) is 3.37. The molecule has 0 saturated carbocycles. The van der Waals surface area contributed by atoms with Crippen LogP contribution in [0.1, 0.15) is 0 Å². The Morgan fingerprint density at radius 1 is 0.950 bits per heavy atom. The monoisotopic (exact) mass is 336 g/mol. The standard InChI is InChI=1S/C16H16S4/c1-2-11-6-12(17-7-13-8-18-13)4-5-15(11)16(3-1)20-10-14-9-19-14/h1-6,13-14H,7-10H2.